The summed E-state index contributed by atoms with van der Waals surface area (Å²) >= 11 is 0. The van der Waals surface area contributed by atoms with Gasteiger partial charge in [0.15, 0.2) is 0 Å². The minimum absolute atomic E-state index is 0.142. The Balaban J connectivity index is 2.14. The normalized spacial score (nSPS) is 10.2. The highest BCUT2D eigenvalue weighted by atomic mass is 19.1. The molecule has 0 amide bonds. The molecule has 0 saturated heterocycles. The van der Waals surface area contributed by atoms with E-state index in [0.29, 0.717) is 11.4 Å². The SMILES string of the molecule is COc1cc(N)cc(C(=O)OCc2c(F)cccc2F)c1. The van der Waals surface area contributed by atoms with Crippen LogP contribution < -0.4 is 10.5 Å². The van der Waals surface area contributed by atoms with E-state index in [-0.39, 0.29) is 11.1 Å². The Morgan fingerprint density at radius 2 is 1.86 bits per heavy atom. The topological polar surface area (TPSA) is 61.5 Å². The van der Waals surface area contributed by atoms with E-state index >= 15 is 0 Å². The van der Waals surface area contributed by atoms with E-state index in [4.69, 9.17) is 15.2 Å². The van der Waals surface area contributed by atoms with E-state index in [2.05, 4.69) is 0 Å². The van der Waals surface area contributed by atoms with Crippen molar-refractivity contribution in [2.75, 3.05) is 12.8 Å². The second kappa shape index (κ2) is 6.21. The number of hydrogen-bond acceptors (Lipinski definition) is 4. The van der Waals surface area contributed by atoms with Gasteiger partial charge in [0.1, 0.15) is 24.0 Å². The number of carbonyl (C=O) groups is 1. The van der Waals surface area contributed by atoms with Crippen LogP contribution in [0.15, 0.2) is 36.4 Å². The number of ether oxygens (including phenoxy) is 2. The summed E-state index contributed by atoms with van der Waals surface area (Å²) in [5.41, 5.74) is 5.78. The molecule has 0 aliphatic rings. The molecule has 2 aromatic rings. The number of benzene rings is 2. The Labute approximate surface area is 120 Å². The molecule has 0 saturated carbocycles. The predicted molar refractivity (Wildman–Crippen MR) is 72.9 cm³/mol. The van der Waals surface area contributed by atoms with E-state index in [1.807, 2.05) is 0 Å². The number of hydrogen-bond donors (Lipinski definition) is 1. The Hall–Kier alpha value is -2.63. The number of carbonyl (C=O) groups excluding carboxylic acids is 1. The van der Waals surface area contributed by atoms with Crippen molar-refractivity contribution in [1.29, 1.82) is 0 Å². The fourth-order valence-corrected chi connectivity index (χ4v) is 1.75. The summed E-state index contributed by atoms with van der Waals surface area (Å²) in [6.45, 7) is -0.506. The van der Waals surface area contributed by atoms with Crippen LogP contribution in [0.3, 0.4) is 0 Å². The third kappa shape index (κ3) is 3.47. The molecule has 0 heterocycles. The molecule has 110 valence electrons. The average Bonchev–Trinajstić information content (AvgIpc) is 2.45. The van der Waals surface area contributed by atoms with Gasteiger partial charge in [-0.05, 0) is 24.3 Å². The first-order chi connectivity index (χ1) is 10.0. The van der Waals surface area contributed by atoms with Crippen LogP contribution >= 0.6 is 0 Å². The second-order valence-corrected chi connectivity index (χ2v) is 4.27. The monoisotopic (exact) mass is 293 g/mol. The van der Waals surface area contributed by atoms with Crippen molar-refractivity contribution in [3.8, 4) is 5.75 Å². The third-order valence-electron chi connectivity index (χ3n) is 2.81. The predicted octanol–water partition coefficient (Wildman–Crippen LogP) is 2.91. The van der Waals surface area contributed by atoms with Crippen LogP contribution in [-0.4, -0.2) is 13.1 Å². The lowest BCUT2D eigenvalue weighted by Crippen LogP contribution is -2.08. The van der Waals surface area contributed by atoms with Crippen LogP contribution in [-0.2, 0) is 11.3 Å². The Bertz CT molecular complexity index is 654. The minimum atomic E-state index is -0.770. The number of esters is 1. The van der Waals surface area contributed by atoms with Crippen LogP contribution in [0.4, 0.5) is 14.5 Å². The molecule has 2 aromatic carbocycles. The van der Waals surface area contributed by atoms with Gasteiger partial charge in [-0.3, -0.25) is 0 Å². The Morgan fingerprint density at radius 3 is 2.48 bits per heavy atom. The molecule has 0 spiro atoms. The van der Waals surface area contributed by atoms with Gasteiger partial charge in [-0.1, -0.05) is 6.07 Å². The first kappa shape index (κ1) is 14.8. The van der Waals surface area contributed by atoms with E-state index in [0.717, 1.165) is 12.1 Å². The first-order valence-corrected chi connectivity index (χ1v) is 6.06. The third-order valence-corrected chi connectivity index (χ3v) is 2.81. The molecule has 0 bridgehead atoms. The Morgan fingerprint density at radius 1 is 1.19 bits per heavy atom. The molecule has 0 aliphatic carbocycles. The summed E-state index contributed by atoms with van der Waals surface area (Å²) in [6, 6.07) is 7.77. The van der Waals surface area contributed by atoms with Crippen molar-refractivity contribution in [3.63, 3.8) is 0 Å². The largest absolute Gasteiger partial charge is 0.497 e. The molecule has 2 N–H and O–H groups in total. The highest BCUT2D eigenvalue weighted by molar-refractivity contribution is 5.91. The van der Waals surface area contributed by atoms with Crippen LogP contribution in [0.1, 0.15) is 15.9 Å². The summed E-state index contributed by atoms with van der Waals surface area (Å²) < 4.78 is 36.7. The van der Waals surface area contributed by atoms with Crippen LogP contribution in [0.2, 0.25) is 0 Å². The van der Waals surface area contributed by atoms with Crippen molar-refractivity contribution in [2.24, 2.45) is 0 Å². The molecule has 0 radical (unpaired) electrons. The molecule has 0 fully saturated rings. The highest BCUT2D eigenvalue weighted by Crippen LogP contribution is 2.20. The molecule has 0 atom stereocenters. The van der Waals surface area contributed by atoms with Gasteiger partial charge in [-0.2, -0.15) is 0 Å². The summed E-state index contributed by atoms with van der Waals surface area (Å²) in [6.07, 6.45) is 0. The van der Waals surface area contributed by atoms with E-state index in [9.17, 15) is 13.6 Å². The van der Waals surface area contributed by atoms with Gasteiger partial charge in [0, 0.05) is 11.8 Å². The van der Waals surface area contributed by atoms with Gasteiger partial charge < -0.3 is 15.2 Å². The van der Waals surface area contributed by atoms with Crippen LogP contribution in [0.25, 0.3) is 0 Å². The van der Waals surface area contributed by atoms with Gasteiger partial charge in [0.25, 0.3) is 0 Å². The maximum atomic E-state index is 13.4. The smallest absolute Gasteiger partial charge is 0.338 e. The lowest BCUT2D eigenvalue weighted by Gasteiger charge is -2.08. The first-order valence-electron chi connectivity index (χ1n) is 6.06. The molecule has 0 aromatic heterocycles. The maximum Gasteiger partial charge on any atom is 0.338 e. The fraction of sp³-hybridized carbons (Fsp3) is 0.133. The Kier molecular flexibility index (Phi) is 4.37. The number of nitrogen functional groups attached to an aromatic ring is 1. The van der Waals surface area contributed by atoms with E-state index in [1.165, 1.54) is 31.4 Å². The number of methoxy groups -OCH3 is 1. The summed E-state index contributed by atoms with van der Waals surface area (Å²) in [7, 11) is 1.43. The number of rotatable bonds is 4. The zero-order valence-electron chi connectivity index (χ0n) is 11.2. The fourth-order valence-electron chi connectivity index (χ4n) is 1.75. The van der Waals surface area contributed by atoms with Crippen molar-refractivity contribution < 1.29 is 23.0 Å². The lowest BCUT2D eigenvalue weighted by molar-refractivity contribution is 0.0464. The number of nitrogens with two attached hydrogens (primary N) is 1. The van der Waals surface area contributed by atoms with Gasteiger partial charge in [-0.25, -0.2) is 13.6 Å². The quantitative estimate of drug-likeness (QED) is 0.695. The molecule has 4 nitrogen and oxygen atoms in total. The summed E-state index contributed by atoms with van der Waals surface area (Å²) in [5, 5.41) is 0. The van der Waals surface area contributed by atoms with Crippen molar-refractivity contribution in [1.82, 2.24) is 0 Å². The van der Waals surface area contributed by atoms with Gasteiger partial charge in [-0.15, -0.1) is 0 Å². The molecule has 0 unspecified atom stereocenters. The molecule has 6 heteroatoms. The van der Waals surface area contributed by atoms with Crippen molar-refractivity contribution in [2.45, 2.75) is 6.61 Å². The number of halogens is 2. The standard InChI is InChI=1S/C15H13F2NO3/c1-20-11-6-9(5-10(18)7-11)15(19)21-8-12-13(16)3-2-4-14(12)17/h2-7H,8,18H2,1H3. The molecular formula is C15H13F2NO3. The summed E-state index contributed by atoms with van der Waals surface area (Å²) in [5.74, 6) is -1.90. The number of anilines is 1. The van der Waals surface area contributed by atoms with Crippen molar-refractivity contribution >= 4 is 11.7 Å². The van der Waals surface area contributed by atoms with Crippen LogP contribution in [0, 0.1) is 11.6 Å². The van der Waals surface area contributed by atoms with Gasteiger partial charge >= 0.3 is 5.97 Å². The second-order valence-electron chi connectivity index (χ2n) is 4.27. The van der Waals surface area contributed by atoms with Crippen LogP contribution in [0.5, 0.6) is 5.75 Å². The van der Waals surface area contributed by atoms with E-state index in [1.54, 1.807) is 0 Å². The summed E-state index contributed by atoms with van der Waals surface area (Å²) in [4.78, 5) is 11.9. The molecule has 0 aliphatic heterocycles. The van der Waals surface area contributed by atoms with E-state index < -0.39 is 24.2 Å². The zero-order valence-corrected chi connectivity index (χ0v) is 11.2. The molecular weight excluding hydrogens is 280 g/mol. The zero-order chi connectivity index (χ0) is 15.4. The highest BCUT2D eigenvalue weighted by Gasteiger charge is 2.14. The molecule has 2 rings (SSSR count). The van der Waals surface area contributed by atoms with Crippen molar-refractivity contribution in [3.05, 3.63) is 59.2 Å². The molecule has 21 heavy (non-hydrogen) atoms. The average molecular weight is 293 g/mol. The lowest BCUT2D eigenvalue weighted by atomic mass is 10.2. The minimum Gasteiger partial charge on any atom is -0.497 e. The van der Waals surface area contributed by atoms with Gasteiger partial charge in [0.2, 0.25) is 0 Å². The van der Waals surface area contributed by atoms with Gasteiger partial charge in [0.05, 0.1) is 18.2 Å². The maximum absolute atomic E-state index is 13.4.